The van der Waals surface area contributed by atoms with Gasteiger partial charge >= 0.3 is 6.03 Å². The highest BCUT2D eigenvalue weighted by Gasteiger charge is 2.34. The Labute approximate surface area is 312 Å². The van der Waals surface area contributed by atoms with Crippen LogP contribution in [-0.4, -0.2) is 67.9 Å². The number of hydrazone groups is 2. The van der Waals surface area contributed by atoms with E-state index in [2.05, 4.69) is 31.7 Å². The molecule has 0 radical (unpaired) electrons. The molecule has 2 aliphatic rings. The van der Waals surface area contributed by atoms with E-state index in [9.17, 15) is 53.3 Å². The lowest BCUT2D eigenvalue weighted by Gasteiger charge is -2.18. The number of amides is 2. The summed E-state index contributed by atoms with van der Waals surface area (Å²) in [4.78, 5) is 37.6. The van der Waals surface area contributed by atoms with Crippen molar-refractivity contribution in [2.75, 3.05) is 21.5 Å². The predicted octanol–water partition coefficient (Wildman–Crippen LogP) is 4.67. The fraction of sp³-hybridized carbons (Fsp3) is 0.0294. The first-order valence-corrected chi connectivity index (χ1v) is 19.8. The van der Waals surface area contributed by atoms with Gasteiger partial charge < -0.3 is 10.6 Å². The van der Waals surface area contributed by atoms with Crippen molar-refractivity contribution in [3.63, 3.8) is 0 Å². The zero-order chi connectivity index (χ0) is 39.9. The van der Waals surface area contributed by atoms with E-state index in [1.807, 2.05) is 0 Å². The molecule has 0 fully saturated rings. The zero-order valence-corrected chi connectivity index (χ0v) is 30.3. The number of benzene rings is 4. The zero-order valence-electron chi connectivity index (χ0n) is 27.9. The van der Waals surface area contributed by atoms with E-state index in [0.717, 1.165) is 24.3 Å². The van der Waals surface area contributed by atoms with Crippen LogP contribution in [-0.2, 0) is 30.4 Å². The molecular formula is C34H26N6O12S3. The lowest BCUT2D eigenvalue weighted by atomic mass is 9.94. The molecule has 18 nitrogen and oxygen atoms in total. The highest BCUT2D eigenvalue weighted by atomic mass is 32.2. The summed E-state index contributed by atoms with van der Waals surface area (Å²) in [7, 11) is -14.5. The van der Waals surface area contributed by atoms with Gasteiger partial charge in [0, 0.05) is 22.5 Å². The third kappa shape index (κ3) is 8.41. The van der Waals surface area contributed by atoms with E-state index in [1.165, 1.54) is 49.4 Å². The number of anilines is 4. The molecule has 0 spiro atoms. The van der Waals surface area contributed by atoms with Crippen molar-refractivity contribution in [1.29, 1.82) is 0 Å². The molecule has 0 aromatic heterocycles. The normalized spacial score (nSPS) is 15.8. The van der Waals surface area contributed by atoms with Gasteiger partial charge in [0.25, 0.3) is 30.4 Å². The average Bonchev–Trinajstić information content (AvgIpc) is 3.10. The number of ketones is 2. The van der Waals surface area contributed by atoms with Crippen molar-refractivity contribution in [3.8, 4) is 0 Å². The Morgan fingerprint density at radius 2 is 1.07 bits per heavy atom. The molecule has 0 aliphatic heterocycles. The quantitative estimate of drug-likeness (QED) is 0.0894. The summed E-state index contributed by atoms with van der Waals surface area (Å²) in [5, 5.41) is 12.8. The molecule has 21 heteroatoms. The van der Waals surface area contributed by atoms with E-state index in [4.69, 9.17) is 0 Å². The Bertz CT molecular complexity index is 2800. The third-order valence-electron chi connectivity index (χ3n) is 7.99. The fourth-order valence-electron chi connectivity index (χ4n) is 5.40. The van der Waals surface area contributed by atoms with Crippen molar-refractivity contribution < 1.29 is 53.3 Å². The topological polar surface area (TPSA) is 287 Å². The van der Waals surface area contributed by atoms with Crippen molar-refractivity contribution in [3.05, 3.63) is 123 Å². The monoisotopic (exact) mass is 806 g/mol. The number of urea groups is 1. The molecule has 4 aromatic rings. The van der Waals surface area contributed by atoms with Gasteiger partial charge in [-0.1, -0.05) is 18.2 Å². The van der Waals surface area contributed by atoms with Crippen molar-refractivity contribution in [2.24, 2.45) is 10.2 Å². The summed E-state index contributed by atoms with van der Waals surface area (Å²) in [6.45, 7) is 1.46. The van der Waals surface area contributed by atoms with Crippen LogP contribution in [0.2, 0.25) is 0 Å². The number of nitrogens with one attached hydrogen (secondary N) is 4. The Balaban J connectivity index is 1.22. The molecule has 0 saturated carbocycles. The van der Waals surface area contributed by atoms with Gasteiger partial charge in [-0.2, -0.15) is 35.5 Å². The summed E-state index contributed by atoms with van der Waals surface area (Å²) in [5.74, 6) is -1.75. The smallest absolute Gasteiger partial charge is 0.308 e. The van der Waals surface area contributed by atoms with Gasteiger partial charge in [0.15, 0.2) is 11.4 Å². The number of aryl methyl sites for hydroxylation is 1. The molecular weight excluding hydrogens is 781 g/mol. The van der Waals surface area contributed by atoms with Crippen LogP contribution < -0.4 is 21.5 Å². The maximum atomic E-state index is 13.4. The van der Waals surface area contributed by atoms with Gasteiger partial charge in [0.2, 0.25) is 11.6 Å². The van der Waals surface area contributed by atoms with E-state index in [1.54, 1.807) is 30.3 Å². The van der Waals surface area contributed by atoms with Gasteiger partial charge in [-0.3, -0.25) is 34.1 Å². The Morgan fingerprint density at radius 1 is 0.582 bits per heavy atom. The van der Waals surface area contributed by atoms with Gasteiger partial charge in [-0.25, -0.2) is 4.79 Å². The second-order valence-corrected chi connectivity index (χ2v) is 16.0. The first-order chi connectivity index (χ1) is 25.8. The van der Waals surface area contributed by atoms with E-state index in [-0.39, 0.29) is 44.9 Å². The highest BCUT2D eigenvalue weighted by molar-refractivity contribution is 7.91. The van der Waals surface area contributed by atoms with Crippen LogP contribution in [0.3, 0.4) is 0 Å². The number of hydrogen-bond donors (Lipinski definition) is 7. The van der Waals surface area contributed by atoms with Crippen LogP contribution in [0.4, 0.5) is 27.5 Å². The van der Waals surface area contributed by atoms with E-state index >= 15 is 0 Å². The molecule has 2 aliphatic carbocycles. The molecule has 0 saturated heterocycles. The van der Waals surface area contributed by atoms with Crippen LogP contribution in [0.5, 0.6) is 0 Å². The molecule has 0 unspecified atom stereocenters. The van der Waals surface area contributed by atoms with Gasteiger partial charge in [0.05, 0.1) is 16.3 Å². The number of rotatable bonds is 9. The minimum Gasteiger partial charge on any atom is -0.308 e. The van der Waals surface area contributed by atoms with Crippen LogP contribution in [0.25, 0.3) is 12.2 Å². The third-order valence-corrected chi connectivity index (χ3v) is 10.6. The molecule has 282 valence electrons. The van der Waals surface area contributed by atoms with Crippen molar-refractivity contribution >= 4 is 94.3 Å². The molecule has 0 heterocycles. The van der Waals surface area contributed by atoms with Gasteiger partial charge in [0.1, 0.15) is 9.81 Å². The number of carbonyl (C=O) groups is 3. The molecule has 6 rings (SSSR count). The van der Waals surface area contributed by atoms with Crippen LogP contribution in [0.15, 0.2) is 110 Å². The molecule has 2 amide bonds. The van der Waals surface area contributed by atoms with Crippen LogP contribution in [0, 0.1) is 6.92 Å². The first-order valence-electron chi connectivity index (χ1n) is 15.4. The highest BCUT2D eigenvalue weighted by Crippen LogP contribution is 2.30. The first kappa shape index (κ1) is 38.4. The van der Waals surface area contributed by atoms with E-state index in [0.29, 0.717) is 5.69 Å². The van der Waals surface area contributed by atoms with Crippen LogP contribution in [0.1, 0.15) is 37.4 Å². The number of Topliss-reactive ketones (excluding diaryl/α,β-unsaturated/α-hetero) is 2. The lowest BCUT2D eigenvalue weighted by molar-refractivity contribution is 0.105. The predicted molar refractivity (Wildman–Crippen MR) is 203 cm³/mol. The molecule has 7 N–H and O–H groups in total. The SMILES string of the molecule is Cc1cc(S(=O)(=O)O)ccc1N/N=C1/C(=O)c2ccc(NC(=O)Nc3ccc4c(c3)C=C(S(=O)(=O)O)/C(=N\Nc3ccccc3)C4=O)cc2C=C1S(=O)(=O)O. The van der Waals surface area contributed by atoms with Crippen molar-refractivity contribution in [1.82, 2.24) is 0 Å². The summed E-state index contributed by atoms with van der Waals surface area (Å²) in [6, 6.07) is 18.7. The summed E-state index contributed by atoms with van der Waals surface area (Å²) < 4.78 is 101. The Kier molecular flexibility index (Phi) is 10.1. The van der Waals surface area contributed by atoms with Gasteiger partial charge in [-0.05, 0) is 102 Å². The number of nitrogens with zero attached hydrogens (tertiary/aromatic N) is 2. The Morgan fingerprint density at radius 3 is 1.53 bits per heavy atom. The number of allylic oxidation sites excluding steroid dienone is 2. The Hall–Kier alpha value is -6.36. The number of hydrogen-bond acceptors (Lipinski definition) is 13. The average molecular weight is 807 g/mol. The second-order valence-electron chi connectivity index (χ2n) is 11.8. The summed E-state index contributed by atoms with van der Waals surface area (Å²) in [6.07, 6.45) is 1.98. The van der Waals surface area contributed by atoms with Gasteiger partial charge in [-0.15, -0.1) is 0 Å². The molecule has 55 heavy (non-hydrogen) atoms. The minimum atomic E-state index is -5.05. The number of fused-ring (bicyclic) bond motifs is 2. The largest absolute Gasteiger partial charge is 0.323 e. The summed E-state index contributed by atoms with van der Waals surface area (Å²) in [5.41, 5.74) is 4.79. The molecule has 0 bridgehead atoms. The van der Waals surface area contributed by atoms with Crippen molar-refractivity contribution in [2.45, 2.75) is 11.8 Å². The second kappa shape index (κ2) is 14.5. The fourth-order valence-corrected chi connectivity index (χ4v) is 7.28. The standard InChI is InChI=1S/C34H26N6O12S3/c1-18-13-24(53(44,45)46)9-12-27(18)38-40-31-29(55(50,51)52)17-20-15-23(8-11-26(20)33(31)42)36-34(43)35-22-7-10-25-19(14-22)16-28(54(47,48)49)30(32(25)41)39-37-21-5-3-2-4-6-21/h2-17,37-38H,1H3,(H2,35,36,43)(H,44,45,46)(H,47,48,49)(H,50,51,52)/b39-30+,40-31+. The van der Waals surface area contributed by atoms with E-state index < -0.39 is 74.1 Å². The molecule has 0 atom stereocenters. The number of para-hydroxylation sites is 1. The van der Waals surface area contributed by atoms with Crippen LogP contribution >= 0.6 is 0 Å². The summed E-state index contributed by atoms with van der Waals surface area (Å²) >= 11 is 0. The maximum absolute atomic E-state index is 13.4. The number of carbonyl (C=O) groups excluding carboxylic acids is 3. The maximum Gasteiger partial charge on any atom is 0.323 e. The minimum absolute atomic E-state index is 0.0162. The molecule has 4 aromatic carbocycles. The lowest BCUT2D eigenvalue weighted by Crippen LogP contribution is -2.27.